The second-order valence-electron chi connectivity index (χ2n) is 7.42. The Balaban J connectivity index is 1.61. The summed E-state index contributed by atoms with van der Waals surface area (Å²) in [5.41, 5.74) is 10.7. The van der Waals surface area contributed by atoms with Gasteiger partial charge in [0, 0.05) is 11.0 Å². The Labute approximate surface area is 198 Å². The minimum atomic E-state index is -0.331. The number of halogens is 1. The summed E-state index contributed by atoms with van der Waals surface area (Å²) in [5.74, 6) is -0.153. The van der Waals surface area contributed by atoms with Crippen LogP contribution in [0.15, 0.2) is 88.4 Å². The van der Waals surface area contributed by atoms with Crippen molar-refractivity contribution in [2.45, 2.75) is 6.54 Å². The van der Waals surface area contributed by atoms with Crippen LogP contribution in [0.4, 0.5) is 5.82 Å². The Morgan fingerprint density at radius 1 is 1.00 bits per heavy atom. The van der Waals surface area contributed by atoms with Gasteiger partial charge < -0.3 is 11.1 Å². The molecule has 0 saturated carbocycles. The predicted octanol–water partition coefficient (Wildman–Crippen LogP) is 4.74. The number of aromatic nitrogens is 3. The SMILES string of the molecule is Nc1c(C(=O)NCc2ccccc2)c2nc3ccccc3nc2n1/N=C\c1cccc(Br)c1. The molecule has 0 aliphatic heterocycles. The minimum absolute atomic E-state index is 0.178. The van der Waals surface area contributed by atoms with E-state index in [4.69, 9.17) is 15.7 Å². The standard InChI is InChI=1S/C25H19BrN6O/c26-18-10-6-9-17(13-18)15-29-32-23(27)21(25(33)28-14-16-7-2-1-3-8-16)22-24(32)31-20-12-5-4-11-19(20)30-22/h1-13,15H,14,27H2,(H,28,33)/b29-15-. The van der Waals surface area contributed by atoms with Gasteiger partial charge in [-0.15, -0.1) is 0 Å². The zero-order valence-corrected chi connectivity index (χ0v) is 19.0. The molecule has 5 rings (SSSR count). The summed E-state index contributed by atoms with van der Waals surface area (Å²) in [7, 11) is 0. The van der Waals surface area contributed by atoms with Gasteiger partial charge in [0.2, 0.25) is 0 Å². The van der Waals surface area contributed by atoms with Crippen molar-refractivity contribution in [2.24, 2.45) is 5.10 Å². The third-order valence-electron chi connectivity index (χ3n) is 5.17. The van der Waals surface area contributed by atoms with Crippen LogP contribution >= 0.6 is 15.9 Å². The highest BCUT2D eigenvalue weighted by molar-refractivity contribution is 9.10. The molecule has 0 unspecified atom stereocenters. The van der Waals surface area contributed by atoms with Crippen molar-refractivity contribution in [3.63, 3.8) is 0 Å². The van der Waals surface area contributed by atoms with E-state index in [1.807, 2.05) is 78.9 Å². The molecule has 0 aliphatic rings. The Kier molecular flexibility index (Phi) is 5.58. The molecule has 33 heavy (non-hydrogen) atoms. The number of anilines is 1. The van der Waals surface area contributed by atoms with Crippen molar-refractivity contribution in [3.8, 4) is 0 Å². The lowest BCUT2D eigenvalue weighted by Crippen LogP contribution is -2.23. The molecular formula is C25H19BrN6O. The number of benzene rings is 3. The van der Waals surface area contributed by atoms with Crippen LogP contribution in [0.5, 0.6) is 0 Å². The molecule has 0 fully saturated rings. The van der Waals surface area contributed by atoms with Gasteiger partial charge in [-0.1, -0.05) is 70.5 Å². The molecule has 8 heteroatoms. The first kappa shape index (κ1) is 20.8. The highest BCUT2D eigenvalue weighted by Gasteiger charge is 2.24. The number of nitrogens with zero attached hydrogens (tertiary/aromatic N) is 4. The molecule has 0 spiro atoms. The fraction of sp³-hybridized carbons (Fsp3) is 0.0400. The quantitative estimate of drug-likeness (QED) is 0.342. The van der Waals surface area contributed by atoms with Crippen molar-refractivity contribution in [1.29, 1.82) is 0 Å². The van der Waals surface area contributed by atoms with Gasteiger partial charge in [-0.2, -0.15) is 9.78 Å². The second kappa shape index (κ2) is 8.84. The summed E-state index contributed by atoms with van der Waals surface area (Å²) in [6.45, 7) is 0.369. The van der Waals surface area contributed by atoms with E-state index in [9.17, 15) is 4.79 Å². The summed E-state index contributed by atoms with van der Waals surface area (Å²) in [6, 6.07) is 24.9. The first-order valence-corrected chi connectivity index (χ1v) is 11.1. The summed E-state index contributed by atoms with van der Waals surface area (Å²) < 4.78 is 2.40. The monoisotopic (exact) mass is 498 g/mol. The normalized spacial score (nSPS) is 11.4. The Morgan fingerprint density at radius 2 is 1.73 bits per heavy atom. The van der Waals surface area contributed by atoms with Gasteiger partial charge in [0.15, 0.2) is 5.65 Å². The lowest BCUT2D eigenvalue weighted by molar-refractivity contribution is 0.0953. The van der Waals surface area contributed by atoms with E-state index >= 15 is 0 Å². The van der Waals surface area contributed by atoms with E-state index in [0.717, 1.165) is 15.6 Å². The summed E-state index contributed by atoms with van der Waals surface area (Å²) in [6.07, 6.45) is 1.67. The molecular weight excluding hydrogens is 480 g/mol. The van der Waals surface area contributed by atoms with E-state index in [1.54, 1.807) is 6.21 Å². The third-order valence-corrected chi connectivity index (χ3v) is 5.66. The minimum Gasteiger partial charge on any atom is -0.383 e. The first-order valence-electron chi connectivity index (χ1n) is 10.3. The van der Waals surface area contributed by atoms with Gasteiger partial charge in [0.1, 0.15) is 16.9 Å². The number of carbonyl (C=O) groups excluding carboxylic acids is 1. The number of nitrogen functional groups attached to an aromatic ring is 1. The molecule has 7 nitrogen and oxygen atoms in total. The molecule has 5 aromatic rings. The molecule has 0 aliphatic carbocycles. The lowest BCUT2D eigenvalue weighted by atomic mass is 10.2. The second-order valence-corrected chi connectivity index (χ2v) is 8.34. The van der Waals surface area contributed by atoms with Gasteiger partial charge in [0.25, 0.3) is 5.91 Å². The van der Waals surface area contributed by atoms with E-state index < -0.39 is 0 Å². The fourth-order valence-electron chi connectivity index (χ4n) is 3.57. The molecule has 3 aromatic carbocycles. The van der Waals surface area contributed by atoms with Gasteiger partial charge in [-0.3, -0.25) is 4.79 Å². The van der Waals surface area contributed by atoms with Crippen LogP contribution in [0.1, 0.15) is 21.5 Å². The number of nitrogens with two attached hydrogens (primary N) is 1. The largest absolute Gasteiger partial charge is 0.383 e. The van der Waals surface area contributed by atoms with Crippen LogP contribution in [0.2, 0.25) is 0 Å². The van der Waals surface area contributed by atoms with Gasteiger partial charge in [0.05, 0.1) is 17.2 Å². The molecule has 0 atom stereocenters. The number of hydrogen-bond acceptors (Lipinski definition) is 5. The van der Waals surface area contributed by atoms with Gasteiger partial charge >= 0.3 is 0 Å². The first-order chi connectivity index (χ1) is 16.1. The van der Waals surface area contributed by atoms with Crippen molar-refractivity contribution >= 4 is 56.1 Å². The van der Waals surface area contributed by atoms with E-state index in [-0.39, 0.29) is 17.3 Å². The average molecular weight is 499 g/mol. The maximum Gasteiger partial charge on any atom is 0.257 e. The Bertz CT molecular complexity index is 1510. The Hall–Kier alpha value is -4.04. The predicted molar refractivity (Wildman–Crippen MR) is 134 cm³/mol. The van der Waals surface area contributed by atoms with Crippen LogP contribution < -0.4 is 11.1 Å². The van der Waals surface area contributed by atoms with E-state index in [2.05, 4.69) is 26.3 Å². The van der Waals surface area contributed by atoms with Gasteiger partial charge in [-0.05, 0) is 35.4 Å². The number of carbonyl (C=O) groups is 1. The van der Waals surface area contributed by atoms with Crippen LogP contribution in [0, 0.1) is 0 Å². The number of para-hydroxylation sites is 2. The van der Waals surface area contributed by atoms with Crippen molar-refractivity contribution in [1.82, 2.24) is 20.0 Å². The van der Waals surface area contributed by atoms with Crippen LogP contribution in [-0.2, 0) is 6.54 Å². The summed E-state index contributed by atoms with van der Waals surface area (Å²) >= 11 is 3.46. The highest BCUT2D eigenvalue weighted by Crippen LogP contribution is 2.28. The zero-order chi connectivity index (χ0) is 22.8. The number of nitrogens with one attached hydrogen (secondary N) is 1. The van der Waals surface area contributed by atoms with Crippen LogP contribution in [0.25, 0.3) is 22.2 Å². The number of hydrogen-bond donors (Lipinski definition) is 2. The maximum atomic E-state index is 13.2. The highest BCUT2D eigenvalue weighted by atomic mass is 79.9. The summed E-state index contributed by atoms with van der Waals surface area (Å²) in [4.78, 5) is 22.6. The smallest absolute Gasteiger partial charge is 0.257 e. The molecule has 2 aromatic heterocycles. The fourth-order valence-corrected chi connectivity index (χ4v) is 3.98. The molecule has 3 N–H and O–H groups in total. The average Bonchev–Trinajstić information content (AvgIpc) is 3.10. The van der Waals surface area contributed by atoms with E-state index in [1.165, 1.54) is 4.68 Å². The number of rotatable bonds is 5. The van der Waals surface area contributed by atoms with E-state index in [0.29, 0.717) is 28.7 Å². The molecule has 1 amide bonds. The molecule has 0 radical (unpaired) electrons. The Morgan fingerprint density at radius 3 is 2.48 bits per heavy atom. The maximum absolute atomic E-state index is 13.2. The zero-order valence-electron chi connectivity index (χ0n) is 17.4. The van der Waals surface area contributed by atoms with Crippen molar-refractivity contribution < 1.29 is 4.79 Å². The van der Waals surface area contributed by atoms with Crippen LogP contribution in [-0.4, -0.2) is 26.8 Å². The topological polar surface area (TPSA) is 98.2 Å². The number of fused-ring (bicyclic) bond motifs is 2. The third kappa shape index (κ3) is 4.20. The summed E-state index contributed by atoms with van der Waals surface area (Å²) in [5, 5.41) is 7.47. The van der Waals surface area contributed by atoms with Crippen molar-refractivity contribution in [2.75, 3.05) is 5.73 Å². The molecule has 162 valence electrons. The van der Waals surface area contributed by atoms with Crippen molar-refractivity contribution in [3.05, 3.63) is 100 Å². The van der Waals surface area contributed by atoms with Crippen LogP contribution in [0.3, 0.4) is 0 Å². The number of amides is 1. The molecule has 0 bridgehead atoms. The molecule has 2 heterocycles. The van der Waals surface area contributed by atoms with Gasteiger partial charge in [-0.25, -0.2) is 9.97 Å². The lowest BCUT2D eigenvalue weighted by Gasteiger charge is -2.05. The molecule has 0 saturated heterocycles.